The number of aryl methyl sites for hydroxylation is 1. The lowest BCUT2D eigenvalue weighted by Crippen LogP contribution is -2.53. The number of carbonyl (C=O) groups excluding carboxylic acids is 1. The van der Waals surface area contributed by atoms with E-state index in [1.54, 1.807) is 0 Å². The van der Waals surface area contributed by atoms with Crippen LogP contribution >= 0.6 is 11.6 Å². The summed E-state index contributed by atoms with van der Waals surface area (Å²) in [6.07, 6.45) is 0. The Morgan fingerprint density at radius 3 is 2.08 bits per heavy atom. The predicted octanol–water partition coefficient (Wildman–Crippen LogP) is 5.52. The predicted molar refractivity (Wildman–Crippen MR) is 102 cm³/mol. The Morgan fingerprint density at radius 2 is 1.44 bits per heavy atom. The molecule has 124 valence electrons. The summed E-state index contributed by atoms with van der Waals surface area (Å²) in [5.41, 5.74) is 4.26. The first-order valence-corrected chi connectivity index (χ1v) is 8.73. The highest BCUT2D eigenvalue weighted by atomic mass is 35.5. The number of hydrogen-bond acceptors (Lipinski definition) is 1. The number of hydrogen-bond donors (Lipinski definition) is 0. The molecule has 1 aliphatic heterocycles. The van der Waals surface area contributed by atoms with Crippen LogP contribution in [0.3, 0.4) is 0 Å². The maximum absolute atomic E-state index is 13.0. The highest BCUT2D eigenvalue weighted by molar-refractivity contribution is 6.30. The van der Waals surface area contributed by atoms with E-state index in [1.165, 1.54) is 5.56 Å². The number of β-lactam (4-membered cyclic amide) rings is 1. The van der Waals surface area contributed by atoms with Gasteiger partial charge in [0.1, 0.15) is 0 Å². The van der Waals surface area contributed by atoms with Gasteiger partial charge in [-0.15, -0.1) is 0 Å². The SMILES string of the molecule is Cc1ccc(N2C(=O)[C@@H](c3ccccc3)[C@@H]2c2ccc(Cl)cc2)cc1. The number of halogens is 1. The Labute approximate surface area is 152 Å². The summed E-state index contributed by atoms with van der Waals surface area (Å²) in [5, 5.41) is 0.701. The normalized spacial score (nSPS) is 19.6. The quantitative estimate of drug-likeness (QED) is 0.571. The van der Waals surface area contributed by atoms with Gasteiger partial charge in [0.2, 0.25) is 5.91 Å². The van der Waals surface area contributed by atoms with Crippen LogP contribution in [0.4, 0.5) is 5.69 Å². The van der Waals surface area contributed by atoms with Gasteiger partial charge in [-0.05, 0) is 42.3 Å². The summed E-state index contributed by atoms with van der Waals surface area (Å²) in [7, 11) is 0. The molecule has 2 nitrogen and oxygen atoms in total. The van der Waals surface area contributed by atoms with Crippen molar-refractivity contribution in [3.63, 3.8) is 0 Å². The Bertz CT molecular complexity index is 888. The van der Waals surface area contributed by atoms with E-state index in [0.29, 0.717) is 5.02 Å². The fourth-order valence-corrected chi connectivity index (χ4v) is 3.59. The van der Waals surface area contributed by atoms with Crippen molar-refractivity contribution >= 4 is 23.2 Å². The van der Waals surface area contributed by atoms with Crippen LogP contribution < -0.4 is 4.90 Å². The molecule has 4 rings (SSSR count). The highest BCUT2D eigenvalue weighted by Crippen LogP contribution is 2.48. The van der Waals surface area contributed by atoms with Crippen molar-refractivity contribution in [1.82, 2.24) is 0 Å². The Kier molecular flexibility index (Phi) is 4.06. The van der Waals surface area contributed by atoms with E-state index in [9.17, 15) is 4.79 Å². The number of nitrogens with zero attached hydrogens (tertiary/aromatic N) is 1. The lowest BCUT2D eigenvalue weighted by Gasteiger charge is -2.47. The van der Waals surface area contributed by atoms with Crippen molar-refractivity contribution < 1.29 is 4.79 Å². The topological polar surface area (TPSA) is 20.3 Å². The molecule has 1 heterocycles. The summed E-state index contributed by atoms with van der Waals surface area (Å²) in [5.74, 6) is -0.0290. The minimum absolute atomic E-state index is 0.0186. The van der Waals surface area contributed by atoms with Crippen LogP contribution in [0, 0.1) is 6.92 Å². The third kappa shape index (κ3) is 2.83. The second-order valence-electron chi connectivity index (χ2n) is 6.43. The number of benzene rings is 3. The van der Waals surface area contributed by atoms with Crippen LogP contribution in [0.1, 0.15) is 28.7 Å². The molecule has 1 fully saturated rings. The van der Waals surface area contributed by atoms with Gasteiger partial charge in [-0.2, -0.15) is 0 Å². The van der Waals surface area contributed by atoms with E-state index in [1.807, 2.05) is 90.7 Å². The van der Waals surface area contributed by atoms with E-state index in [2.05, 4.69) is 0 Å². The third-order valence-corrected chi connectivity index (χ3v) is 5.03. The van der Waals surface area contributed by atoms with Crippen LogP contribution in [0.25, 0.3) is 0 Å². The molecule has 0 aliphatic carbocycles. The van der Waals surface area contributed by atoms with Gasteiger partial charge in [0, 0.05) is 10.7 Å². The molecule has 1 saturated heterocycles. The molecule has 3 aromatic rings. The molecule has 0 unspecified atom stereocenters. The standard InChI is InChI=1S/C22H18ClNO/c1-15-7-13-19(14-8-15)24-21(17-9-11-18(23)12-10-17)20(22(24)25)16-5-3-2-4-6-16/h2-14,20-21H,1H3/t20-,21-/m0/s1. The first kappa shape index (κ1) is 15.9. The molecule has 0 radical (unpaired) electrons. The molecule has 0 spiro atoms. The smallest absolute Gasteiger partial charge is 0.237 e. The monoisotopic (exact) mass is 347 g/mol. The van der Waals surface area contributed by atoms with Crippen molar-refractivity contribution in [2.45, 2.75) is 18.9 Å². The average molecular weight is 348 g/mol. The van der Waals surface area contributed by atoms with Gasteiger partial charge >= 0.3 is 0 Å². The Morgan fingerprint density at radius 1 is 0.800 bits per heavy atom. The zero-order valence-corrected chi connectivity index (χ0v) is 14.6. The summed E-state index contributed by atoms with van der Waals surface area (Å²) >= 11 is 6.05. The molecule has 2 atom stereocenters. The maximum atomic E-state index is 13.0. The summed E-state index contributed by atoms with van der Waals surface area (Å²) < 4.78 is 0. The summed E-state index contributed by atoms with van der Waals surface area (Å²) in [6.45, 7) is 2.05. The van der Waals surface area contributed by atoms with Crippen molar-refractivity contribution in [2.24, 2.45) is 0 Å². The number of carbonyl (C=O) groups is 1. The van der Waals surface area contributed by atoms with E-state index in [4.69, 9.17) is 11.6 Å². The number of rotatable bonds is 3. The summed E-state index contributed by atoms with van der Waals surface area (Å²) in [4.78, 5) is 14.9. The van der Waals surface area contributed by atoms with Gasteiger partial charge in [0.25, 0.3) is 0 Å². The van der Waals surface area contributed by atoms with E-state index >= 15 is 0 Å². The van der Waals surface area contributed by atoms with Crippen LogP contribution in [0.15, 0.2) is 78.9 Å². The van der Waals surface area contributed by atoms with E-state index < -0.39 is 0 Å². The van der Waals surface area contributed by atoms with Crippen molar-refractivity contribution in [1.29, 1.82) is 0 Å². The minimum Gasteiger partial charge on any atom is -0.303 e. The van der Waals surface area contributed by atoms with Gasteiger partial charge in [0.15, 0.2) is 0 Å². The van der Waals surface area contributed by atoms with Crippen LogP contribution in [-0.2, 0) is 4.79 Å². The van der Waals surface area contributed by atoms with Crippen LogP contribution in [0.2, 0.25) is 5.02 Å². The molecule has 0 N–H and O–H groups in total. The van der Waals surface area contributed by atoms with E-state index in [0.717, 1.165) is 16.8 Å². The van der Waals surface area contributed by atoms with Gasteiger partial charge in [0.05, 0.1) is 12.0 Å². The van der Waals surface area contributed by atoms with Crippen molar-refractivity contribution in [2.75, 3.05) is 4.90 Å². The first-order valence-electron chi connectivity index (χ1n) is 8.35. The second kappa shape index (κ2) is 6.38. The lowest BCUT2D eigenvalue weighted by atomic mass is 9.77. The molecular weight excluding hydrogens is 330 g/mol. The molecule has 3 heteroatoms. The van der Waals surface area contributed by atoms with Crippen LogP contribution in [0.5, 0.6) is 0 Å². The van der Waals surface area contributed by atoms with Gasteiger partial charge in [-0.25, -0.2) is 0 Å². The first-order chi connectivity index (χ1) is 12.1. The van der Waals surface area contributed by atoms with Gasteiger partial charge in [-0.1, -0.05) is 71.8 Å². The average Bonchev–Trinajstić information content (AvgIpc) is 2.63. The minimum atomic E-state index is -0.163. The molecule has 25 heavy (non-hydrogen) atoms. The fourth-order valence-electron chi connectivity index (χ4n) is 3.47. The van der Waals surface area contributed by atoms with Crippen molar-refractivity contribution in [3.05, 3.63) is 101 Å². The third-order valence-electron chi connectivity index (χ3n) is 4.78. The molecule has 0 bridgehead atoms. The molecular formula is C22H18ClNO. The van der Waals surface area contributed by atoms with Gasteiger partial charge in [-0.3, -0.25) is 4.79 Å². The highest BCUT2D eigenvalue weighted by Gasteiger charge is 2.49. The molecule has 1 amide bonds. The number of anilines is 1. The maximum Gasteiger partial charge on any atom is 0.237 e. The fraction of sp³-hybridized carbons (Fsp3) is 0.136. The lowest BCUT2D eigenvalue weighted by molar-refractivity contribution is -0.126. The van der Waals surface area contributed by atoms with E-state index in [-0.39, 0.29) is 17.9 Å². The molecule has 1 aliphatic rings. The summed E-state index contributed by atoms with van der Waals surface area (Å²) in [6, 6.07) is 25.9. The molecule has 0 aromatic heterocycles. The van der Waals surface area contributed by atoms with Crippen LogP contribution in [-0.4, -0.2) is 5.91 Å². The van der Waals surface area contributed by atoms with Crippen molar-refractivity contribution in [3.8, 4) is 0 Å². The zero-order valence-electron chi connectivity index (χ0n) is 13.9. The molecule has 0 saturated carbocycles. The number of amides is 1. The Hall–Kier alpha value is -2.58. The Balaban J connectivity index is 1.77. The molecule has 3 aromatic carbocycles. The zero-order chi connectivity index (χ0) is 17.4. The van der Waals surface area contributed by atoms with Gasteiger partial charge < -0.3 is 4.90 Å². The largest absolute Gasteiger partial charge is 0.303 e. The second-order valence-corrected chi connectivity index (χ2v) is 6.86.